The standard InChI is InChI=1S/C18H14N2S4/c1-3-19-15(21)9-5-7-11-14-12(18(24)20(4-2)17(11)23)8-6-10(13(9)14)16(19)22/h5-8H,3-4H2,1-2H3. The Bertz CT molecular complexity index is 827. The molecule has 2 aromatic rings. The zero-order valence-electron chi connectivity index (χ0n) is 13.3. The lowest BCUT2D eigenvalue weighted by atomic mass is 9.87. The van der Waals surface area contributed by atoms with Crippen LogP contribution in [0.15, 0.2) is 24.3 Å². The lowest BCUT2D eigenvalue weighted by molar-refractivity contribution is 0.664. The average Bonchev–Trinajstić information content (AvgIpc) is 2.58. The molecule has 0 saturated heterocycles. The maximum absolute atomic E-state index is 5.70. The van der Waals surface area contributed by atoms with Gasteiger partial charge in [0, 0.05) is 46.1 Å². The smallest absolute Gasteiger partial charge is 0.114 e. The Balaban J connectivity index is 2.14. The van der Waals surface area contributed by atoms with Gasteiger partial charge in [-0.05, 0) is 13.8 Å². The Morgan fingerprint density at radius 1 is 0.583 bits per heavy atom. The maximum atomic E-state index is 5.70. The summed E-state index contributed by atoms with van der Waals surface area (Å²) in [6.45, 7) is 5.66. The van der Waals surface area contributed by atoms with E-state index in [0.717, 1.165) is 66.1 Å². The van der Waals surface area contributed by atoms with Crippen molar-refractivity contribution in [1.82, 2.24) is 9.80 Å². The Morgan fingerprint density at radius 3 is 1.04 bits per heavy atom. The fourth-order valence-electron chi connectivity index (χ4n) is 3.55. The molecule has 0 saturated carbocycles. The van der Waals surface area contributed by atoms with Crippen molar-refractivity contribution in [3.05, 3.63) is 46.5 Å². The average molecular weight is 387 g/mol. The summed E-state index contributed by atoms with van der Waals surface area (Å²) in [5.41, 5.74) is 4.19. The second-order valence-electron chi connectivity index (χ2n) is 5.78. The van der Waals surface area contributed by atoms with Gasteiger partial charge in [-0.1, -0.05) is 73.1 Å². The van der Waals surface area contributed by atoms with Crippen LogP contribution in [0.25, 0.3) is 10.8 Å². The van der Waals surface area contributed by atoms with Crippen LogP contribution in [-0.4, -0.2) is 42.8 Å². The summed E-state index contributed by atoms with van der Waals surface area (Å²) in [5, 5.41) is 2.20. The first-order chi connectivity index (χ1) is 11.5. The topological polar surface area (TPSA) is 6.48 Å². The van der Waals surface area contributed by atoms with Gasteiger partial charge in [0.1, 0.15) is 20.0 Å². The number of thiocarbonyl (C=S) groups is 4. The van der Waals surface area contributed by atoms with E-state index in [4.69, 9.17) is 48.9 Å². The molecule has 24 heavy (non-hydrogen) atoms. The second-order valence-corrected chi connectivity index (χ2v) is 7.33. The monoisotopic (exact) mass is 386 g/mol. The van der Waals surface area contributed by atoms with Crippen molar-refractivity contribution in [3.8, 4) is 0 Å². The van der Waals surface area contributed by atoms with Crippen molar-refractivity contribution in [1.29, 1.82) is 0 Å². The molecular weight excluding hydrogens is 372 g/mol. The van der Waals surface area contributed by atoms with Crippen molar-refractivity contribution in [2.45, 2.75) is 13.8 Å². The second kappa shape index (κ2) is 5.59. The van der Waals surface area contributed by atoms with Gasteiger partial charge in [-0.3, -0.25) is 0 Å². The third kappa shape index (κ3) is 1.91. The van der Waals surface area contributed by atoms with Gasteiger partial charge in [0.15, 0.2) is 0 Å². The van der Waals surface area contributed by atoms with Crippen LogP contribution in [0.4, 0.5) is 0 Å². The number of nitrogens with zero attached hydrogens (tertiary/aromatic N) is 2. The molecule has 0 aliphatic carbocycles. The van der Waals surface area contributed by atoms with E-state index < -0.39 is 0 Å². The third-order valence-corrected chi connectivity index (χ3v) is 6.46. The minimum atomic E-state index is 0.766. The summed E-state index contributed by atoms with van der Waals surface area (Å²) in [7, 11) is 0. The lowest BCUT2D eigenvalue weighted by Gasteiger charge is -2.36. The molecular formula is C18H14N2S4. The molecule has 6 heteroatoms. The Labute approximate surface area is 162 Å². The van der Waals surface area contributed by atoms with E-state index in [-0.39, 0.29) is 0 Å². The number of rotatable bonds is 2. The summed E-state index contributed by atoms with van der Waals surface area (Å²) in [6, 6.07) is 8.30. The van der Waals surface area contributed by atoms with Crippen LogP contribution in [0.3, 0.4) is 0 Å². The number of hydrogen-bond donors (Lipinski definition) is 0. The van der Waals surface area contributed by atoms with Crippen molar-refractivity contribution in [2.24, 2.45) is 0 Å². The van der Waals surface area contributed by atoms with Crippen molar-refractivity contribution < 1.29 is 0 Å². The van der Waals surface area contributed by atoms with Crippen LogP contribution in [0.1, 0.15) is 36.1 Å². The van der Waals surface area contributed by atoms with Gasteiger partial charge in [-0.2, -0.15) is 0 Å². The molecule has 0 atom stereocenters. The normalized spacial score (nSPS) is 16.4. The zero-order valence-corrected chi connectivity index (χ0v) is 16.5. The fraction of sp³-hybridized carbons (Fsp3) is 0.222. The number of benzene rings is 2. The first kappa shape index (κ1) is 16.1. The van der Waals surface area contributed by atoms with Crippen LogP contribution in [0.2, 0.25) is 0 Å². The van der Waals surface area contributed by atoms with Gasteiger partial charge in [0.2, 0.25) is 0 Å². The molecule has 0 fully saturated rings. The first-order valence-electron chi connectivity index (χ1n) is 7.83. The van der Waals surface area contributed by atoms with E-state index in [9.17, 15) is 0 Å². The van der Waals surface area contributed by atoms with Gasteiger partial charge >= 0.3 is 0 Å². The quantitative estimate of drug-likeness (QED) is 0.708. The number of hydrogen-bond acceptors (Lipinski definition) is 4. The van der Waals surface area contributed by atoms with Crippen LogP contribution in [0.5, 0.6) is 0 Å². The summed E-state index contributed by atoms with van der Waals surface area (Å²) in [5.74, 6) is 0. The highest BCUT2D eigenvalue weighted by Crippen LogP contribution is 2.38. The molecule has 120 valence electrons. The predicted molar refractivity (Wildman–Crippen MR) is 116 cm³/mol. The van der Waals surface area contributed by atoms with Crippen molar-refractivity contribution >= 4 is 79.6 Å². The summed E-state index contributed by atoms with van der Waals surface area (Å²) in [6.07, 6.45) is 0. The van der Waals surface area contributed by atoms with Crippen molar-refractivity contribution in [3.63, 3.8) is 0 Å². The minimum absolute atomic E-state index is 0.766. The molecule has 2 aliphatic heterocycles. The zero-order chi connectivity index (χ0) is 17.2. The van der Waals surface area contributed by atoms with Crippen LogP contribution >= 0.6 is 48.9 Å². The Kier molecular flexibility index (Phi) is 3.76. The molecule has 2 nitrogen and oxygen atoms in total. The molecule has 0 amide bonds. The fourth-order valence-corrected chi connectivity index (χ4v) is 5.23. The minimum Gasteiger partial charge on any atom is -0.323 e. The summed E-state index contributed by atoms with van der Waals surface area (Å²) < 4.78 is 0. The van der Waals surface area contributed by atoms with Gasteiger partial charge in [0.05, 0.1) is 0 Å². The SMILES string of the molecule is CCN1C(=S)c2ccc3c4c(ccc(c24)C1=S)C(=S)N(CC)C3=S. The molecule has 2 aromatic carbocycles. The Hall–Kier alpha value is -1.34. The predicted octanol–water partition coefficient (Wildman–Crippen LogP) is 4.21. The molecule has 0 radical (unpaired) electrons. The van der Waals surface area contributed by atoms with E-state index in [1.54, 1.807) is 0 Å². The Morgan fingerprint density at radius 2 is 0.833 bits per heavy atom. The highest BCUT2D eigenvalue weighted by atomic mass is 32.1. The van der Waals surface area contributed by atoms with Gasteiger partial charge in [-0.15, -0.1) is 0 Å². The molecule has 4 rings (SSSR count). The summed E-state index contributed by atoms with van der Waals surface area (Å²) in [4.78, 5) is 7.17. The molecule has 0 bridgehead atoms. The van der Waals surface area contributed by atoms with Gasteiger partial charge in [-0.25, -0.2) is 0 Å². The van der Waals surface area contributed by atoms with E-state index >= 15 is 0 Å². The van der Waals surface area contributed by atoms with Gasteiger partial charge < -0.3 is 9.80 Å². The molecule has 2 heterocycles. The van der Waals surface area contributed by atoms with Crippen LogP contribution < -0.4 is 0 Å². The highest BCUT2D eigenvalue weighted by molar-refractivity contribution is 7.83. The summed E-state index contributed by atoms with van der Waals surface area (Å²) >= 11 is 22.8. The van der Waals surface area contributed by atoms with E-state index in [1.807, 2.05) is 9.80 Å². The van der Waals surface area contributed by atoms with Crippen molar-refractivity contribution in [2.75, 3.05) is 13.1 Å². The molecule has 2 aliphatic rings. The van der Waals surface area contributed by atoms with Gasteiger partial charge in [0.25, 0.3) is 0 Å². The lowest BCUT2D eigenvalue weighted by Crippen LogP contribution is -2.41. The maximum Gasteiger partial charge on any atom is 0.114 e. The molecule has 0 unspecified atom stereocenters. The third-order valence-electron chi connectivity index (χ3n) is 4.70. The highest BCUT2D eigenvalue weighted by Gasteiger charge is 2.33. The van der Waals surface area contributed by atoms with E-state index in [0.29, 0.717) is 0 Å². The van der Waals surface area contributed by atoms with E-state index in [1.165, 1.54) is 0 Å². The molecule has 0 aromatic heterocycles. The molecule has 0 N–H and O–H groups in total. The first-order valence-corrected chi connectivity index (χ1v) is 9.46. The largest absolute Gasteiger partial charge is 0.323 e. The van der Waals surface area contributed by atoms with E-state index in [2.05, 4.69) is 38.1 Å². The molecule has 0 spiro atoms. The van der Waals surface area contributed by atoms with Crippen LogP contribution in [-0.2, 0) is 0 Å². The van der Waals surface area contributed by atoms with Crippen LogP contribution in [0, 0.1) is 0 Å².